The van der Waals surface area contributed by atoms with E-state index in [-0.39, 0.29) is 11.6 Å². The molecule has 2 heterocycles. The minimum absolute atomic E-state index is 0.210. The minimum atomic E-state index is -0.748. The SMILES string of the molecule is CNC(=O)[C@@H](NC(=O)c1nc(-c2ccc(OC)cc2F)n2c1CN(C)CCC2)C(C)(C)C. The van der Waals surface area contributed by atoms with Gasteiger partial charge in [0.05, 0.1) is 18.4 Å². The summed E-state index contributed by atoms with van der Waals surface area (Å²) in [6, 6.07) is 3.84. The molecule has 0 saturated heterocycles. The van der Waals surface area contributed by atoms with Crippen LogP contribution in [0.4, 0.5) is 4.39 Å². The van der Waals surface area contributed by atoms with Crippen LogP contribution in [0, 0.1) is 11.2 Å². The highest BCUT2D eigenvalue weighted by molar-refractivity contribution is 5.97. The molecule has 0 bridgehead atoms. The van der Waals surface area contributed by atoms with Gasteiger partial charge in [-0.25, -0.2) is 9.37 Å². The Morgan fingerprint density at radius 2 is 1.97 bits per heavy atom. The third-order valence-corrected chi connectivity index (χ3v) is 5.70. The van der Waals surface area contributed by atoms with Gasteiger partial charge in [0.25, 0.3) is 5.91 Å². The van der Waals surface area contributed by atoms with Crippen molar-refractivity contribution in [3.63, 3.8) is 0 Å². The Balaban J connectivity index is 2.08. The maximum Gasteiger partial charge on any atom is 0.272 e. The molecule has 0 fully saturated rings. The van der Waals surface area contributed by atoms with Gasteiger partial charge in [-0.2, -0.15) is 0 Å². The number of carbonyl (C=O) groups is 2. The van der Waals surface area contributed by atoms with E-state index in [0.29, 0.717) is 35.9 Å². The van der Waals surface area contributed by atoms with E-state index in [9.17, 15) is 14.0 Å². The number of halogens is 1. The fourth-order valence-electron chi connectivity index (χ4n) is 3.93. The summed E-state index contributed by atoms with van der Waals surface area (Å²) >= 11 is 0. The van der Waals surface area contributed by atoms with Gasteiger partial charge in [0.2, 0.25) is 5.91 Å². The molecule has 1 aliphatic heterocycles. The summed E-state index contributed by atoms with van der Waals surface area (Å²) in [5.41, 5.74) is 0.711. The molecule has 0 radical (unpaired) electrons. The molecule has 1 aliphatic rings. The largest absolute Gasteiger partial charge is 0.497 e. The Hall–Kier alpha value is -2.94. The molecule has 0 unspecified atom stereocenters. The van der Waals surface area contributed by atoms with E-state index in [0.717, 1.165) is 13.0 Å². The number of hydrogen-bond donors (Lipinski definition) is 2. The van der Waals surface area contributed by atoms with Gasteiger partial charge >= 0.3 is 0 Å². The molecule has 1 aromatic carbocycles. The van der Waals surface area contributed by atoms with E-state index in [2.05, 4.69) is 20.5 Å². The second-order valence-corrected chi connectivity index (χ2v) is 9.21. The minimum Gasteiger partial charge on any atom is -0.497 e. The summed E-state index contributed by atoms with van der Waals surface area (Å²) in [7, 11) is 4.99. The van der Waals surface area contributed by atoms with Gasteiger partial charge in [-0.3, -0.25) is 9.59 Å². The lowest BCUT2D eigenvalue weighted by atomic mass is 9.86. The summed E-state index contributed by atoms with van der Waals surface area (Å²) in [4.78, 5) is 32.5. The van der Waals surface area contributed by atoms with Gasteiger partial charge in [-0.1, -0.05) is 20.8 Å². The third-order valence-electron chi connectivity index (χ3n) is 5.70. The number of amides is 2. The standard InChI is InChI=1S/C23H32FN5O3/c1-23(2,3)19(22(31)25-4)27-21(30)18-17-13-28(5)10-7-11-29(17)20(26-18)15-9-8-14(32-6)12-16(15)24/h8-9,12,19H,7,10-11,13H2,1-6H3,(H,25,31)(H,27,30)/t19-/m1/s1. The number of fused-ring (bicyclic) bond motifs is 1. The number of aromatic nitrogens is 2. The molecule has 3 rings (SSSR count). The zero-order valence-electron chi connectivity index (χ0n) is 19.6. The molecule has 8 nitrogen and oxygen atoms in total. The molecule has 0 spiro atoms. The molecular formula is C23H32FN5O3. The van der Waals surface area contributed by atoms with Crippen molar-refractivity contribution in [2.45, 2.75) is 46.3 Å². The number of methoxy groups -OCH3 is 1. The number of nitrogens with zero attached hydrogens (tertiary/aromatic N) is 3. The maximum absolute atomic E-state index is 14.9. The van der Waals surface area contributed by atoms with E-state index in [1.165, 1.54) is 20.2 Å². The molecule has 0 aliphatic carbocycles. The van der Waals surface area contributed by atoms with Crippen LogP contribution in [0.15, 0.2) is 18.2 Å². The number of benzene rings is 1. The van der Waals surface area contributed by atoms with Gasteiger partial charge < -0.3 is 24.8 Å². The van der Waals surface area contributed by atoms with E-state index in [1.807, 2.05) is 32.4 Å². The number of carbonyl (C=O) groups excluding carboxylic acids is 2. The summed E-state index contributed by atoms with van der Waals surface area (Å²) in [6.07, 6.45) is 0.842. The van der Waals surface area contributed by atoms with Crippen LogP contribution in [-0.2, 0) is 17.9 Å². The number of ether oxygens (including phenoxy) is 1. The summed E-state index contributed by atoms with van der Waals surface area (Å²) in [5, 5.41) is 5.46. The van der Waals surface area contributed by atoms with Gasteiger partial charge in [0.15, 0.2) is 5.69 Å². The summed E-state index contributed by atoms with van der Waals surface area (Å²) in [5.74, 6) is -0.403. The van der Waals surface area contributed by atoms with Crippen molar-refractivity contribution in [1.82, 2.24) is 25.1 Å². The number of hydrogen-bond acceptors (Lipinski definition) is 5. The predicted octanol–water partition coefficient (Wildman–Crippen LogP) is 2.42. The van der Waals surface area contributed by atoms with E-state index < -0.39 is 23.2 Å². The van der Waals surface area contributed by atoms with Crippen molar-refractivity contribution in [2.24, 2.45) is 5.41 Å². The van der Waals surface area contributed by atoms with Crippen molar-refractivity contribution in [1.29, 1.82) is 0 Å². The highest BCUT2D eigenvalue weighted by atomic mass is 19.1. The number of nitrogens with one attached hydrogen (secondary N) is 2. The van der Waals surface area contributed by atoms with Crippen LogP contribution in [0.25, 0.3) is 11.4 Å². The monoisotopic (exact) mass is 445 g/mol. The van der Waals surface area contributed by atoms with Gasteiger partial charge in [-0.15, -0.1) is 0 Å². The average Bonchev–Trinajstić information content (AvgIpc) is 2.96. The van der Waals surface area contributed by atoms with Gasteiger partial charge in [-0.05, 0) is 37.6 Å². The Kier molecular flexibility index (Phi) is 6.88. The van der Waals surface area contributed by atoms with Gasteiger partial charge in [0, 0.05) is 26.2 Å². The van der Waals surface area contributed by atoms with Crippen molar-refractivity contribution < 1.29 is 18.7 Å². The third kappa shape index (κ3) is 4.77. The van der Waals surface area contributed by atoms with Crippen molar-refractivity contribution >= 4 is 11.8 Å². The molecule has 9 heteroatoms. The van der Waals surface area contributed by atoms with Crippen LogP contribution < -0.4 is 15.4 Å². The Morgan fingerprint density at radius 3 is 2.56 bits per heavy atom. The van der Waals surface area contributed by atoms with Crippen LogP contribution in [0.1, 0.15) is 43.4 Å². The van der Waals surface area contributed by atoms with E-state index in [1.54, 1.807) is 12.1 Å². The van der Waals surface area contributed by atoms with Crippen molar-refractivity contribution in [3.8, 4) is 17.1 Å². The highest BCUT2D eigenvalue weighted by Crippen LogP contribution is 2.30. The van der Waals surface area contributed by atoms with Crippen LogP contribution in [-0.4, -0.2) is 60.1 Å². The molecule has 32 heavy (non-hydrogen) atoms. The lowest BCUT2D eigenvalue weighted by Crippen LogP contribution is -2.53. The maximum atomic E-state index is 14.9. The number of imidazole rings is 1. The van der Waals surface area contributed by atoms with Crippen LogP contribution in [0.5, 0.6) is 5.75 Å². The molecule has 1 atom stereocenters. The first kappa shape index (κ1) is 23.7. The second-order valence-electron chi connectivity index (χ2n) is 9.21. The molecule has 1 aromatic heterocycles. The Labute approximate surface area is 188 Å². The Bertz CT molecular complexity index is 1010. The second kappa shape index (κ2) is 9.28. The molecule has 2 N–H and O–H groups in total. The number of rotatable bonds is 5. The first-order valence-corrected chi connectivity index (χ1v) is 10.7. The molecule has 2 aromatic rings. The first-order valence-electron chi connectivity index (χ1n) is 10.7. The smallest absolute Gasteiger partial charge is 0.272 e. The topological polar surface area (TPSA) is 88.5 Å². The first-order chi connectivity index (χ1) is 15.1. The normalized spacial score (nSPS) is 15.5. The van der Waals surface area contributed by atoms with Crippen LogP contribution >= 0.6 is 0 Å². The van der Waals surface area contributed by atoms with Crippen molar-refractivity contribution in [3.05, 3.63) is 35.4 Å². The fraction of sp³-hybridized carbons (Fsp3) is 0.522. The quantitative estimate of drug-likeness (QED) is 0.738. The lowest BCUT2D eigenvalue weighted by molar-refractivity contribution is -0.124. The lowest BCUT2D eigenvalue weighted by Gasteiger charge is -2.29. The van der Waals surface area contributed by atoms with Crippen LogP contribution in [0.3, 0.4) is 0 Å². The molecule has 0 saturated carbocycles. The predicted molar refractivity (Wildman–Crippen MR) is 120 cm³/mol. The van der Waals surface area contributed by atoms with Crippen molar-refractivity contribution in [2.75, 3.05) is 27.7 Å². The molecule has 2 amide bonds. The highest BCUT2D eigenvalue weighted by Gasteiger charge is 2.35. The van der Waals surface area contributed by atoms with E-state index >= 15 is 0 Å². The Morgan fingerprint density at radius 1 is 1.25 bits per heavy atom. The molecular weight excluding hydrogens is 413 g/mol. The summed E-state index contributed by atoms with van der Waals surface area (Å²) < 4.78 is 21.9. The molecule has 174 valence electrons. The number of likely N-dealkylation sites (N-methyl/N-ethyl adjacent to an activating group) is 1. The fourth-order valence-corrected chi connectivity index (χ4v) is 3.93. The summed E-state index contributed by atoms with van der Waals surface area (Å²) in [6.45, 7) is 7.59. The zero-order valence-corrected chi connectivity index (χ0v) is 19.6. The van der Waals surface area contributed by atoms with Crippen LogP contribution in [0.2, 0.25) is 0 Å². The van der Waals surface area contributed by atoms with E-state index in [4.69, 9.17) is 4.74 Å². The average molecular weight is 446 g/mol. The zero-order chi connectivity index (χ0) is 23.6. The van der Waals surface area contributed by atoms with Gasteiger partial charge in [0.1, 0.15) is 23.4 Å².